The van der Waals surface area contributed by atoms with Crippen molar-refractivity contribution >= 4 is 17.9 Å². The Kier molecular flexibility index (Phi) is 5.40. The molecule has 3 heteroatoms. The van der Waals surface area contributed by atoms with Crippen molar-refractivity contribution in [3.05, 3.63) is 145 Å². The van der Waals surface area contributed by atoms with Crippen LogP contribution < -0.4 is 10.6 Å². The van der Waals surface area contributed by atoms with E-state index in [1.54, 1.807) is 0 Å². The molecule has 6 rings (SSSR count). The normalized spacial score (nSPS) is 23.3. The predicted octanol–water partition coefficient (Wildman–Crippen LogP) is 6.88. The van der Waals surface area contributed by atoms with E-state index in [4.69, 9.17) is 0 Å². The van der Waals surface area contributed by atoms with Crippen LogP contribution in [-0.4, -0.2) is 11.2 Å². The average molecular weight is 476 g/mol. The lowest BCUT2D eigenvalue weighted by atomic mass is 9.96. The van der Waals surface area contributed by atoms with Gasteiger partial charge in [-0.1, -0.05) is 103 Å². The molecule has 2 saturated carbocycles. The molecular formula is C32H30NOP. The molecule has 0 N–H and O–H groups in total. The Morgan fingerprint density at radius 2 is 1.20 bits per heavy atom. The lowest BCUT2D eigenvalue weighted by Crippen LogP contribution is -2.37. The van der Waals surface area contributed by atoms with Crippen molar-refractivity contribution in [3.8, 4) is 0 Å². The SMILES string of the molecule is C=CCN(C(c1ccccc1)C12CC1(c1ccccc1)C2)P(=O)(c1ccccc1)c1ccccc1. The summed E-state index contributed by atoms with van der Waals surface area (Å²) in [6.45, 7) is 4.66. The van der Waals surface area contributed by atoms with Crippen molar-refractivity contribution in [3.63, 3.8) is 0 Å². The van der Waals surface area contributed by atoms with E-state index < -0.39 is 7.29 Å². The van der Waals surface area contributed by atoms with E-state index in [1.165, 1.54) is 11.1 Å². The Hall–Kier alpha value is -3.19. The first kappa shape index (κ1) is 22.3. The topological polar surface area (TPSA) is 20.3 Å². The van der Waals surface area contributed by atoms with E-state index in [2.05, 4.69) is 71.9 Å². The number of rotatable bonds is 9. The molecular weight excluding hydrogens is 445 g/mol. The molecule has 2 fully saturated rings. The third kappa shape index (κ3) is 3.39. The van der Waals surface area contributed by atoms with Gasteiger partial charge in [0.1, 0.15) is 0 Å². The van der Waals surface area contributed by atoms with E-state index in [-0.39, 0.29) is 16.9 Å². The van der Waals surface area contributed by atoms with Crippen LogP contribution in [-0.2, 0) is 9.98 Å². The summed E-state index contributed by atoms with van der Waals surface area (Å²) in [6.07, 6.45) is 4.17. The zero-order chi connectivity index (χ0) is 23.9. The predicted molar refractivity (Wildman–Crippen MR) is 146 cm³/mol. The van der Waals surface area contributed by atoms with Gasteiger partial charge in [-0.25, -0.2) is 4.67 Å². The zero-order valence-electron chi connectivity index (χ0n) is 19.8. The van der Waals surface area contributed by atoms with Crippen LogP contribution in [0.3, 0.4) is 0 Å². The summed E-state index contributed by atoms with van der Waals surface area (Å²) in [4.78, 5) is 0. The average Bonchev–Trinajstić information content (AvgIpc) is 3.78. The standard InChI is InChI=1S/C32H30NOP/c1-2-23-33(35(34,28-19-11-5-12-20-28)29-21-13-6-14-22-29)30(26-15-7-3-8-16-26)32-24-31(32,25-32)27-17-9-4-10-18-27/h2-22,30H,1,23-25H2. The van der Waals surface area contributed by atoms with E-state index in [0.717, 1.165) is 23.5 Å². The number of benzene rings is 4. The third-order valence-corrected chi connectivity index (χ3v) is 11.2. The van der Waals surface area contributed by atoms with Crippen molar-refractivity contribution in [1.29, 1.82) is 0 Å². The Morgan fingerprint density at radius 3 is 1.69 bits per heavy atom. The molecule has 0 aromatic heterocycles. The monoisotopic (exact) mass is 475 g/mol. The highest BCUT2D eigenvalue weighted by Gasteiger charge is 2.86. The summed E-state index contributed by atoms with van der Waals surface area (Å²) < 4.78 is 17.8. The number of nitrogens with zero attached hydrogens (tertiary/aromatic N) is 1. The minimum atomic E-state index is -3.16. The molecule has 1 unspecified atom stereocenters. The van der Waals surface area contributed by atoms with Crippen molar-refractivity contribution in [1.82, 2.24) is 4.67 Å². The molecule has 0 spiro atoms. The minimum Gasteiger partial charge on any atom is -0.296 e. The second kappa shape index (κ2) is 8.48. The van der Waals surface area contributed by atoms with Crippen molar-refractivity contribution < 1.29 is 4.57 Å². The van der Waals surface area contributed by atoms with Gasteiger partial charge in [-0.15, -0.1) is 6.58 Å². The first-order valence-electron chi connectivity index (χ1n) is 12.4. The quantitative estimate of drug-likeness (QED) is 0.194. The van der Waals surface area contributed by atoms with Crippen LogP contribution in [0.2, 0.25) is 0 Å². The van der Waals surface area contributed by atoms with Gasteiger partial charge in [0.15, 0.2) is 0 Å². The molecule has 0 amide bonds. The first-order valence-corrected chi connectivity index (χ1v) is 14.0. The van der Waals surface area contributed by atoms with Crippen LogP contribution in [0.4, 0.5) is 0 Å². The lowest BCUT2D eigenvalue weighted by molar-refractivity contribution is 0.282. The minimum absolute atomic E-state index is 0.0214. The van der Waals surface area contributed by atoms with Gasteiger partial charge in [-0.3, -0.25) is 4.57 Å². The summed E-state index contributed by atoms with van der Waals surface area (Å²) in [5, 5.41) is 1.74. The highest BCUT2D eigenvalue weighted by atomic mass is 31.2. The van der Waals surface area contributed by atoms with Crippen LogP contribution >= 0.6 is 7.29 Å². The maximum absolute atomic E-state index is 15.5. The van der Waals surface area contributed by atoms with Crippen LogP contribution in [0.1, 0.15) is 30.0 Å². The molecule has 0 bridgehead atoms. The smallest absolute Gasteiger partial charge is 0.208 e. The maximum atomic E-state index is 15.5. The second-order valence-corrected chi connectivity index (χ2v) is 12.6. The molecule has 4 aromatic rings. The molecule has 2 aliphatic rings. The summed E-state index contributed by atoms with van der Waals surface area (Å²) >= 11 is 0. The van der Waals surface area contributed by atoms with Crippen LogP contribution in [0.25, 0.3) is 0 Å². The highest BCUT2D eigenvalue weighted by molar-refractivity contribution is 7.76. The maximum Gasteiger partial charge on any atom is 0.208 e. The Morgan fingerprint density at radius 1 is 0.743 bits per heavy atom. The molecule has 2 nitrogen and oxygen atoms in total. The fourth-order valence-electron chi connectivity index (χ4n) is 6.27. The summed E-state index contributed by atoms with van der Waals surface area (Å²) in [5.74, 6) is 0. The molecule has 174 valence electrons. The van der Waals surface area contributed by atoms with Crippen molar-refractivity contribution in [2.24, 2.45) is 5.41 Å². The Bertz CT molecular complexity index is 1320. The molecule has 2 aliphatic carbocycles. The van der Waals surface area contributed by atoms with E-state index >= 15 is 4.57 Å². The van der Waals surface area contributed by atoms with Crippen molar-refractivity contribution in [2.75, 3.05) is 6.54 Å². The largest absolute Gasteiger partial charge is 0.296 e. The third-order valence-electron chi connectivity index (χ3n) is 8.09. The molecule has 35 heavy (non-hydrogen) atoms. The van der Waals surface area contributed by atoms with Gasteiger partial charge in [0, 0.05) is 34.0 Å². The van der Waals surface area contributed by atoms with Crippen LogP contribution in [0.5, 0.6) is 0 Å². The highest BCUT2D eigenvalue weighted by Crippen LogP contribution is 2.91. The number of hydrogen-bond acceptors (Lipinski definition) is 1. The summed E-state index contributed by atoms with van der Waals surface area (Å²) in [7, 11) is -3.16. The molecule has 0 radical (unpaired) electrons. The van der Waals surface area contributed by atoms with Crippen LogP contribution in [0.15, 0.2) is 134 Å². The van der Waals surface area contributed by atoms with Gasteiger partial charge >= 0.3 is 0 Å². The Balaban J connectivity index is 1.55. The molecule has 1 atom stereocenters. The van der Waals surface area contributed by atoms with Crippen molar-refractivity contribution in [2.45, 2.75) is 24.3 Å². The molecule has 0 saturated heterocycles. The second-order valence-electron chi connectivity index (χ2n) is 9.93. The lowest BCUT2D eigenvalue weighted by Gasteiger charge is -2.40. The summed E-state index contributed by atoms with van der Waals surface area (Å²) in [6, 6.07) is 41.7. The van der Waals surface area contributed by atoms with Gasteiger partial charge < -0.3 is 0 Å². The van der Waals surface area contributed by atoms with Gasteiger partial charge in [-0.2, -0.15) is 0 Å². The number of fused-ring (bicyclic) bond motifs is 1. The number of hydrogen-bond donors (Lipinski definition) is 0. The fraction of sp³-hybridized carbons (Fsp3) is 0.188. The molecule has 0 aliphatic heterocycles. The van der Waals surface area contributed by atoms with Gasteiger partial charge in [0.05, 0.1) is 0 Å². The first-order chi connectivity index (χ1) is 17.2. The zero-order valence-corrected chi connectivity index (χ0v) is 20.7. The van der Waals surface area contributed by atoms with Gasteiger partial charge in [-0.05, 0) is 48.2 Å². The Labute approximate surface area is 208 Å². The molecule has 4 aromatic carbocycles. The van der Waals surface area contributed by atoms with E-state index in [0.29, 0.717) is 6.54 Å². The van der Waals surface area contributed by atoms with Gasteiger partial charge in [0.2, 0.25) is 7.29 Å². The van der Waals surface area contributed by atoms with E-state index in [1.807, 2.05) is 66.7 Å². The van der Waals surface area contributed by atoms with E-state index in [9.17, 15) is 0 Å². The van der Waals surface area contributed by atoms with Crippen LogP contribution in [0, 0.1) is 5.41 Å². The summed E-state index contributed by atoms with van der Waals surface area (Å²) in [5.41, 5.74) is 2.90. The fourth-order valence-corrected chi connectivity index (χ4v) is 9.34. The molecule has 0 heterocycles. The van der Waals surface area contributed by atoms with Gasteiger partial charge in [0.25, 0.3) is 0 Å².